The Labute approximate surface area is 177 Å². The van der Waals surface area contributed by atoms with Crippen molar-refractivity contribution in [3.05, 3.63) is 87.1 Å². The zero-order valence-corrected chi connectivity index (χ0v) is 17.4. The highest BCUT2D eigenvalue weighted by Gasteiger charge is 2.23. The van der Waals surface area contributed by atoms with Gasteiger partial charge in [0.2, 0.25) is 0 Å². The molecule has 0 radical (unpaired) electrons. The lowest BCUT2D eigenvalue weighted by Gasteiger charge is -2.17. The maximum absolute atomic E-state index is 12.5. The third-order valence-corrected chi connectivity index (χ3v) is 5.15. The molecule has 0 spiro atoms. The Balaban J connectivity index is 1.80. The molecule has 4 aromatic rings. The molecule has 8 nitrogen and oxygen atoms in total. The molecule has 1 unspecified atom stereocenters. The molecule has 0 amide bonds. The smallest absolute Gasteiger partial charge is 0.368 e. The highest BCUT2D eigenvalue weighted by molar-refractivity contribution is 6.30. The summed E-state index contributed by atoms with van der Waals surface area (Å²) in [7, 11) is 1.53. The molecule has 0 fully saturated rings. The summed E-state index contributed by atoms with van der Waals surface area (Å²) in [4.78, 5) is 12.5. The minimum absolute atomic E-state index is 0.385. The summed E-state index contributed by atoms with van der Waals surface area (Å²) in [5, 5.41) is 24.2. The molecular weight excluding hydrogens is 404 g/mol. The van der Waals surface area contributed by atoms with Crippen molar-refractivity contribution in [2.75, 3.05) is 0 Å². The average molecular weight is 425 g/mol. The lowest BCUT2D eigenvalue weighted by Crippen LogP contribution is -2.24. The third-order valence-electron chi connectivity index (χ3n) is 4.90. The van der Waals surface area contributed by atoms with Crippen LogP contribution in [-0.4, -0.2) is 34.7 Å². The number of halogens is 1. The second-order valence-corrected chi connectivity index (χ2v) is 7.40. The summed E-state index contributed by atoms with van der Waals surface area (Å²) >= 11 is 5.96. The van der Waals surface area contributed by atoms with Crippen LogP contribution in [0.4, 0.5) is 0 Å². The van der Waals surface area contributed by atoms with E-state index in [-0.39, 0.29) is 5.69 Å². The van der Waals surface area contributed by atoms with Gasteiger partial charge in [-0.2, -0.15) is 14.5 Å². The fourth-order valence-electron chi connectivity index (χ4n) is 3.42. The van der Waals surface area contributed by atoms with Crippen LogP contribution in [0.25, 0.3) is 11.4 Å². The van der Waals surface area contributed by atoms with Gasteiger partial charge in [-0.1, -0.05) is 37.1 Å². The summed E-state index contributed by atoms with van der Waals surface area (Å²) in [6, 6.07) is 14.6. The number of hydrogen-bond donors (Lipinski definition) is 1. The maximum Gasteiger partial charge on any atom is 0.368 e. The summed E-state index contributed by atoms with van der Waals surface area (Å²) in [6.45, 7) is 2.06. The van der Waals surface area contributed by atoms with E-state index in [2.05, 4.69) is 22.4 Å². The summed E-state index contributed by atoms with van der Waals surface area (Å²) in [5.74, 6) is 0. The van der Waals surface area contributed by atoms with Gasteiger partial charge in [0.15, 0.2) is 0 Å². The van der Waals surface area contributed by atoms with Crippen molar-refractivity contribution in [2.24, 2.45) is 7.05 Å². The fraction of sp³-hybridized carbons (Fsp3) is 0.238. The zero-order chi connectivity index (χ0) is 21.3. The SMILES string of the molecule is CCCc1cccc(-n2nnn(C)c2=O)c1C(O)c1ccn(-c2ccc(Cl)cc2)n1. The topological polar surface area (TPSA) is 90.8 Å². The van der Waals surface area contributed by atoms with Gasteiger partial charge >= 0.3 is 5.69 Å². The second-order valence-electron chi connectivity index (χ2n) is 6.96. The number of hydrogen-bond acceptors (Lipinski definition) is 5. The number of aryl methyl sites for hydroxylation is 2. The quantitative estimate of drug-likeness (QED) is 0.514. The number of benzene rings is 2. The van der Waals surface area contributed by atoms with E-state index in [4.69, 9.17) is 11.6 Å². The summed E-state index contributed by atoms with van der Waals surface area (Å²) in [5.41, 5.74) is 2.93. The molecule has 0 bridgehead atoms. The van der Waals surface area contributed by atoms with Crippen LogP contribution in [0.3, 0.4) is 0 Å². The number of aliphatic hydroxyl groups excluding tert-OH is 1. The van der Waals surface area contributed by atoms with Gasteiger partial charge in [0.25, 0.3) is 0 Å². The van der Waals surface area contributed by atoms with Crippen molar-refractivity contribution in [2.45, 2.75) is 25.9 Å². The number of aromatic nitrogens is 6. The van der Waals surface area contributed by atoms with Crippen molar-refractivity contribution >= 4 is 11.6 Å². The van der Waals surface area contributed by atoms with E-state index in [1.54, 1.807) is 35.1 Å². The molecule has 0 saturated carbocycles. The predicted octanol–water partition coefficient (Wildman–Crippen LogP) is 2.84. The molecule has 9 heteroatoms. The first-order valence-electron chi connectivity index (χ1n) is 9.60. The number of tetrazole rings is 1. The number of rotatable bonds is 6. The molecule has 2 aromatic carbocycles. The van der Waals surface area contributed by atoms with Crippen molar-refractivity contribution in [1.29, 1.82) is 0 Å². The maximum atomic E-state index is 12.5. The van der Waals surface area contributed by atoms with Gasteiger partial charge in [-0.3, -0.25) is 0 Å². The van der Waals surface area contributed by atoms with E-state index in [0.29, 0.717) is 22.0 Å². The van der Waals surface area contributed by atoms with Gasteiger partial charge in [-0.15, -0.1) is 0 Å². The van der Waals surface area contributed by atoms with Crippen LogP contribution in [0.15, 0.2) is 59.5 Å². The Morgan fingerprint density at radius 3 is 2.53 bits per heavy atom. The van der Waals surface area contributed by atoms with Crippen LogP contribution in [0, 0.1) is 0 Å². The molecule has 4 rings (SSSR count). The molecular formula is C21H21ClN6O2. The monoisotopic (exact) mass is 424 g/mol. The molecule has 2 aromatic heterocycles. The van der Waals surface area contributed by atoms with Gasteiger partial charge in [0.1, 0.15) is 6.10 Å². The largest absolute Gasteiger partial charge is 0.382 e. The third kappa shape index (κ3) is 3.67. The van der Waals surface area contributed by atoms with Crippen LogP contribution in [-0.2, 0) is 13.5 Å². The molecule has 1 N–H and O–H groups in total. The minimum Gasteiger partial charge on any atom is -0.382 e. The van der Waals surface area contributed by atoms with E-state index in [1.165, 1.54) is 11.7 Å². The van der Waals surface area contributed by atoms with Crippen molar-refractivity contribution in [3.63, 3.8) is 0 Å². The van der Waals surface area contributed by atoms with E-state index < -0.39 is 6.10 Å². The highest BCUT2D eigenvalue weighted by atomic mass is 35.5. The van der Waals surface area contributed by atoms with Gasteiger partial charge < -0.3 is 5.11 Å². The molecule has 1 atom stereocenters. The average Bonchev–Trinajstić information content (AvgIpc) is 3.36. The van der Waals surface area contributed by atoms with Crippen LogP contribution in [0.5, 0.6) is 0 Å². The fourth-order valence-corrected chi connectivity index (χ4v) is 3.55. The molecule has 0 aliphatic heterocycles. The summed E-state index contributed by atoms with van der Waals surface area (Å²) in [6.07, 6.45) is 2.37. The van der Waals surface area contributed by atoms with Crippen molar-refractivity contribution in [1.82, 2.24) is 29.6 Å². The summed E-state index contributed by atoms with van der Waals surface area (Å²) < 4.78 is 4.03. The van der Waals surface area contributed by atoms with Crippen LogP contribution >= 0.6 is 11.6 Å². The Morgan fingerprint density at radius 2 is 1.87 bits per heavy atom. The molecule has 154 valence electrons. The predicted molar refractivity (Wildman–Crippen MR) is 113 cm³/mol. The molecule has 0 aliphatic carbocycles. The first-order chi connectivity index (χ1) is 14.5. The standard InChI is InChI=1S/C21H21ClN6O2/c1-3-5-14-6-4-7-18(28-21(30)26(2)24-25-28)19(14)20(29)17-12-13-27(23-17)16-10-8-15(22)9-11-16/h4,6-13,20,29H,3,5H2,1-2H3. The second kappa shape index (κ2) is 8.25. The lowest BCUT2D eigenvalue weighted by molar-refractivity contribution is 0.213. The molecule has 30 heavy (non-hydrogen) atoms. The highest BCUT2D eigenvalue weighted by Crippen LogP contribution is 2.30. The van der Waals surface area contributed by atoms with Crippen LogP contribution in [0.2, 0.25) is 5.02 Å². The van der Waals surface area contributed by atoms with Crippen molar-refractivity contribution < 1.29 is 5.11 Å². The van der Waals surface area contributed by atoms with Crippen molar-refractivity contribution in [3.8, 4) is 11.4 Å². The van der Waals surface area contributed by atoms with Gasteiger partial charge in [-0.05, 0) is 58.8 Å². The Morgan fingerprint density at radius 1 is 1.10 bits per heavy atom. The van der Waals surface area contributed by atoms with Crippen LogP contribution in [0.1, 0.15) is 36.3 Å². The lowest BCUT2D eigenvalue weighted by atomic mass is 9.95. The van der Waals surface area contributed by atoms with E-state index >= 15 is 0 Å². The molecule has 0 saturated heterocycles. The number of aliphatic hydroxyl groups is 1. The van der Waals surface area contributed by atoms with Gasteiger partial charge in [-0.25, -0.2) is 9.48 Å². The molecule has 2 heterocycles. The van der Waals surface area contributed by atoms with E-state index in [9.17, 15) is 9.90 Å². The minimum atomic E-state index is -1.04. The van der Waals surface area contributed by atoms with Gasteiger partial charge in [0.05, 0.1) is 17.1 Å². The zero-order valence-electron chi connectivity index (χ0n) is 16.6. The first-order valence-corrected chi connectivity index (χ1v) is 9.98. The molecule has 0 aliphatic rings. The first kappa shape index (κ1) is 20.1. The number of nitrogens with zero attached hydrogens (tertiary/aromatic N) is 6. The van der Waals surface area contributed by atoms with Crippen LogP contribution < -0.4 is 5.69 Å². The Kier molecular flexibility index (Phi) is 5.52. The van der Waals surface area contributed by atoms with E-state index in [0.717, 1.165) is 28.8 Å². The Hall–Kier alpha value is -3.23. The Bertz CT molecular complexity index is 1230. The normalized spacial score (nSPS) is 12.3. The van der Waals surface area contributed by atoms with E-state index in [1.807, 2.05) is 24.3 Å². The van der Waals surface area contributed by atoms with Gasteiger partial charge in [0, 0.05) is 23.8 Å².